The Bertz CT molecular complexity index is 560. The summed E-state index contributed by atoms with van der Waals surface area (Å²) >= 11 is 12.2. The fraction of sp³-hybridized carbons (Fsp3) is 0.250. The van der Waals surface area contributed by atoms with Gasteiger partial charge in [0, 0.05) is 5.56 Å². The van der Waals surface area contributed by atoms with Gasteiger partial charge in [0.1, 0.15) is 18.7 Å². The summed E-state index contributed by atoms with van der Waals surface area (Å²) in [6.45, 7) is 2.68. The Hall–Kier alpha value is -1.06. The van der Waals surface area contributed by atoms with E-state index >= 15 is 0 Å². The fourth-order valence-electron chi connectivity index (χ4n) is 2.10. The van der Waals surface area contributed by atoms with Crippen LogP contribution in [0, 0.1) is 0 Å². The van der Waals surface area contributed by atoms with Gasteiger partial charge in [0.05, 0.1) is 10.0 Å². The fourth-order valence-corrected chi connectivity index (χ4v) is 2.50. The maximum absolute atomic E-state index is 10.3. The van der Waals surface area contributed by atoms with Gasteiger partial charge in [-0.3, -0.25) is 0 Å². The first-order chi connectivity index (χ1) is 9.59. The summed E-state index contributed by atoms with van der Waals surface area (Å²) in [6.07, 6.45) is -0.505. The summed E-state index contributed by atoms with van der Waals surface area (Å²) < 4.78 is 0. The lowest BCUT2D eigenvalue weighted by Crippen LogP contribution is -2.89. The van der Waals surface area contributed by atoms with Crippen molar-refractivity contribution < 1.29 is 10.4 Å². The third-order valence-electron chi connectivity index (χ3n) is 3.38. The summed E-state index contributed by atoms with van der Waals surface area (Å²) in [5, 5.41) is 13.5. The Kier molecular flexibility index (Phi) is 5.44. The van der Waals surface area contributed by atoms with Gasteiger partial charge >= 0.3 is 0 Å². The molecule has 0 aliphatic rings. The zero-order valence-electron chi connectivity index (χ0n) is 11.3. The maximum Gasteiger partial charge on any atom is 0.130 e. The van der Waals surface area contributed by atoms with Crippen LogP contribution >= 0.6 is 23.2 Å². The first-order valence-electron chi connectivity index (χ1n) is 6.59. The Morgan fingerprint density at radius 3 is 2.45 bits per heavy atom. The molecule has 2 nitrogen and oxygen atoms in total. The van der Waals surface area contributed by atoms with E-state index in [4.69, 9.17) is 23.2 Å². The van der Waals surface area contributed by atoms with E-state index in [-0.39, 0.29) is 6.04 Å². The second-order valence-electron chi connectivity index (χ2n) is 4.87. The van der Waals surface area contributed by atoms with Gasteiger partial charge in [-0.2, -0.15) is 0 Å². The Balaban J connectivity index is 1.98. The molecule has 20 heavy (non-hydrogen) atoms. The van der Waals surface area contributed by atoms with Gasteiger partial charge in [-0.1, -0.05) is 65.7 Å². The van der Waals surface area contributed by atoms with E-state index in [1.807, 2.05) is 49.4 Å². The lowest BCUT2D eigenvalue weighted by atomic mass is 10.0. The molecule has 0 aliphatic carbocycles. The number of benzene rings is 2. The van der Waals surface area contributed by atoms with Crippen LogP contribution < -0.4 is 5.32 Å². The zero-order valence-corrected chi connectivity index (χ0v) is 12.8. The van der Waals surface area contributed by atoms with E-state index in [0.717, 1.165) is 11.1 Å². The summed E-state index contributed by atoms with van der Waals surface area (Å²) in [6, 6.07) is 15.3. The van der Waals surface area contributed by atoms with Crippen molar-refractivity contribution in [3.63, 3.8) is 0 Å². The summed E-state index contributed by atoms with van der Waals surface area (Å²) in [7, 11) is 0. The van der Waals surface area contributed by atoms with E-state index in [1.165, 1.54) is 0 Å². The number of aliphatic hydroxyl groups is 1. The number of rotatable bonds is 5. The first-order valence-corrected chi connectivity index (χ1v) is 7.34. The van der Waals surface area contributed by atoms with Crippen molar-refractivity contribution in [1.29, 1.82) is 0 Å². The molecule has 0 heterocycles. The molecule has 0 fully saturated rings. The Labute approximate surface area is 129 Å². The molecule has 0 aromatic heterocycles. The number of hydrogen-bond acceptors (Lipinski definition) is 1. The number of aliphatic hydroxyl groups excluding tert-OH is 1. The van der Waals surface area contributed by atoms with E-state index in [1.54, 1.807) is 6.07 Å². The van der Waals surface area contributed by atoms with Gasteiger partial charge in [0.15, 0.2) is 0 Å². The van der Waals surface area contributed by atoms with Crippen LogP contribution in [0.15, 0.2) is 48.5 Å². The number of quaternary nitrogens is 1. The van der Waals surface area contributed by atoms with Crippen LogP contribution in [0.25, 0.3) is 0 Å². The van der Waals surface area contributed by atoms with E-state index in [9.17, 15) is 5.11 Å². The van der Waals surface area contributed by atoms with Crippen molar-refractivity contribution in [3.05, 3.63) is 69.7 Å². The molecule has 2 aromatic rings. The van der Waals surface area contributed by atoms with Gasteiger partial charge in [-0.15, -0.1) is 0 Å². The minimum absolute atomic E-state index is 0.0347. The highest BCUT2D eigenvalue weighted by atomic mass is 35.5. The lowest BCUT2D eigenvalue weighted by Gasteiger charge is -2.18. The smallest absolute Gasteiger partial charge is 0.130 e. The SMILES string of the molecule is C[C@H]([NH2+]Cc1cccc(Cl)c1Cl)[C@H](O)c1ccccc1. The zero-order chi connectivity index (χ0) is 14.5. The van der Waals surface area contributed by atoms with E-state index < -0.39 is 6.10 Å². The molecule has 2 atom stereocenters. The second kappa shape index (κ2) is 7.09. The molecule has 0 spiro atoms. The van der Waals surface area contributed by atoms with Gasteiger partial charge in [-0.25, -0.2) is 0 Å². The molecular weight excluding hydrogens is 293 g/mol. The van der Waals surface area contributed by atoms with E-state index in [2.05, 4.69) is 5.32 Å². The first kappa shape index (κ1) is 15.3. The van der Waals surface area contributed by atoms with Crippen molar-refractivity contribution in [1.82, 2.24) is 0 Å². The van der Waals surface area contributed by atoms with Crippen LogP contribution in [0.4, 0.5) is 0 Å². The van der Waals surface area contributed by atoms with Crippen molar-refractivity contribution in [2.75, 3.05) is 0 Å². The highest BCUT2D eigenvalue weighted by molar-refractivity contribution is 6.42. The van der Waals surface area contributed by atoms with E-state index in [0.29, 0.717) is 16.6 Å². The van der Waals surface area contributed by atoms with Crippen LogP contribution in [0.3, 0.4) is 0 Å². The highest BCUT2D eigenvalue weighted by Crippen LogP contribution is 2.24. The topological polar surface area (TPSA) is 36.8 Å². The molecule has 0 saturated carbocycles. The Morgan fingerprint density at radius 1 is 1.05 bits per heavy atom. The van der Waals surface area contributed by atoms with Crippen LogP contribution in [0.2, 0.25) is 10.0 Å². The monoisotopic (exact) mass is 310 g/mol. The predicted octanol–water partition coefficient (Wildman–Crippen LogP) is 3.18. The average Bonchev–Trinajstić information content (AvgIpc) is 2.48. The number of nitrogens with two attached hydrogens (primary N) is 1. The molecule has 2 rings (SSSR count). The molecule has 0 saturated heterocycles. The molecular formula is C16H18Cl2NO+. The molecule has 0 unspecified atom stereocenters. The highest BCUT2D eigenvalue weighted by Gasteiger charge is 2.19. The predicted molar refractivity (Wildman–Crippen MR) is 83.0 cm³/mol. The normalized spacial score (nSPS) is 14.0. The summed E-state index contributed by atoms with van der Waals surface area (Å²) in [5.41, 5.74) is 1.90. The number of hydrogen-bond donors (Lipinski definition) is 2. The molecule has 0 bridgehead atoms. The van der Waals surface area contributed by atoms with Crippen LogP contribution in [-0.4, -0.2) is 11.1 Å². The van der Waals surface area contributed by atoms with Crippen LogP contribution in [0.1, 0.15) is 24.2 Å². The average molecular weight is 311 g/mol. The molecule has 0 amide bonds. The van der Waals surface area contributed by atoms with Crippen molar-refractivity contribution in [2.24, 2.45) is 0 Å². The van der Waals surface area contributed by atoms with Crippen LogP contribution in [-0.2, 0) is 6.54 Å². The summed E-state index contributed by atoms with van der Waals surface area (Å²) in [5.74, 6) is 0. The van der Waals surface area contributed by atoms with Gasteiger partial charge in [0.25, 0.3) is 0 Å². The third kappa shape index (κ3) is 3.74. The quantitative estimate of drug-likeness (QED) is 0.874. The minimum atomic E-state index is -0.505. The van der Waals surface area contributed by atoms with Crippen molar-refractivity contribution in [3.8, 4) is 0 Å². The second-order valence-corrected chi connectivity index (χ2v) is 5.65. The molecule has 4 heteroatoms. The number of halogens is 2. The molecule has 106 valence electrons. The van der Waals surface area contributed by atoms with Crippen LogP contribution in [0.5, 0.6) is 0 Å². The molecule has 0 aliphatic heterocycles. The van der Waals surface area contributed by atoms with Crippen molar-refractivity contribution >= 4 is 23.2 Å². The maximum atomic E-state index is 10.3. The van der Waals surface area contributed by atoms with Crippen molar-refractivity contribution in [2.45, 2.75) is 25.6 Å². The van der Waals surface area contributed by atoms with Gasteiger partial charge in [-0.05, 0) is 18.6 Å². The minimum Gasteiger partial charge on any atom is -0.382 e. The summed E-state index contributed by atoms with van der Waals surface area (Å²) in [4.78, 5) is 0. The lowest BCUT2D eigenvalue weighted by molar-refractivity contribution is -0.709. The third-order valence-corrected chi connectivity index (χ3v) is 4.24. The standard InChI is InChI=1S/C16H17Cl2NO/c1-11(16(20)12-6-3-2-4-7-12)19-10-13-8-5-9-14(17)15(13)18/h2-9,11,16,19-20H,10H2,1H3/p+1/t11-,16-/m0/s1. The largest absolute Gasteiger partial charge is 0.382 e. The molecule has 3 N–H and O–H groups in total. The van der Waals surface area contributed by atoms with Gasteiger partial charge in [0.2, 0.25) is 0 Å². The van der Waals surface area contributed by atoms with Gasteiger partial charge < -0.3 is 10.4 Å². The Morgan fingerprint density at radius 2 is 1.75 bits per heavy atom. The molecule has 2 aromatic carbocycles. The molecule has 0 radical (unpaired) electrons.